The maximum absolute atomic E-state index is 12.3. The fourth-order valence-electron chi connectivity index (χ4n) is 2.19. The van der Waals surface area contributed by atoms with Crippen molar-refractivity contribution in [2.45, 2.75) is 30.6 Å². The third-order valence-electron chi connectivity index (χ3n) is 3.23. The SMILES string of the molecule is CSc1ccc(C(=O)N2CCCCCC2)cc1. The van der Waals surface area contributed by atoms with Crippen molar-refractivity contribution in [2.24, 2.45) is 0 Å². The van der Waals surface area contributed by atoms with Crippen molar-refractivity contribution in [2.75, 3.05) is 19.3 Å². The Balaban J connectivity index is 2.06. The van der Waals surface area contributed by atoms with Gasteiger partial charge in [0, 0.05) is 23.5 Å². The van der Waals surface area contributed by atoms with Gasteiger partial charge in [-0.1, -0.05) is 12.8 Å². The van der Waals surface area contributed by atoms with E-state index in [1.54, 1.807) is 11.8 Å². The minimum atomic E-state index is 0.194. The molecule has 0 unspecified atom stereocenters. The second-order valence-electron chi connectivity index (χ2n) is 4.43. The van der Waals surface area contributed by atoms with E-state index >= 15 is 0 Å². The molecule has 1 fully saturated rings. The van der Waals surface area contributed by atoms with Gasteiger partial charge >= 0.3 is 0 Å². The molecule has 1 amide bonds. The molecule has 1 heterocycles. The minimum Gasteiger partial charge on any atom is -0.339 e. The lowest BCUT2D eigenvalue weighted by atomic mass is 10.2. The zero-order valence-electron chi connectivity index (χ0n) is 10.3. The van der Waals surface area contributed by atoms with Crippen LogP contribution in [0.25, 0.3) is 0 Å². The first-order chi connectivity index (χ1) is 8.31. The highest BCUT2D eigenvalue weighted by Gasteiger charge is 2.16. The summed E-state index contributed by atoms with van der Waals surface area (Å²) in [6.07, 6.45) is 6.86. The molecular formula is C14H19NOS. The van der Waals surface area contributed by atoms with Gasteiger partial charge in [0.05, 0.1) is 0 Å². The molecule has 0 N–H and O–H groups in total. The summed E-state index contributed by atoms with van der Waals surface area (Å²) >= 11 is 1.70. The average Bonchev–Trinajstić information content (AvgIpc) is 2.67. The lowest BCUT2D eigenvalue weighted by Gasteiger charge is -2.20. The van der Waals surface area contributed by atoms with E-state index in [1.165, 1.54) is 17.7 Å². The average molecular weight is 249 g/mol. The fraction of sp³-hybridized carbons (Fsp3) is 0.500. The van der Waals surface area contributed by atoms with Crippen LogP contribution in [0.1, 0.15) is 36.0 Å². The van der Waals surface area contributed by atoms with Gasteiger partial charge in [-0.25, -0.2) is 0 Å². The van der Waals surface area contributed by atoms with Gasteiger partial charge in [-0.3, -0.25) is 4.79 Å². The van der Waals surface area contributed by atoms with Crippen LogP contribution < -0.4 is 0 Å². The summed E-state index contributed by atoms with van der Waals surface area (Å²) in [5, 5.41) is 0. The third kappa shape index (κ3) is 3.25. The molecular weight excluding hydrogens is 230 g/mol. The van der Waals surface area contributed by atoms with Gasteiger partial charge in [-0.05, 0) is 43.4 Å². The largest absolute Gasteiger partial charge is 0.339 e. The van der Waals surface area contributed by atoms with E-state index in [9.17, 15) is 4.79 Å². The van der Waals surface area contributed by atoms with Crippen LogP contribution in [-0.4, -0.2) is 30.2 Å². The Labute approximate surface area is 107 Å². The summed E-state index contributed by atoms with van der Waals surface area (Å²) in [6, 6.07) is 7.93. The summed E-state index contributed by atoms with van der Waals surface area (Å²) in [5.41, 5.74) is 0.824. The van der Waals surface area contributed by atoms with Crippen LogP contribution in [0.15, 0.2) is 29.2 Å². The predicted octanol–water partition coefficient (Wildman–Crippen LogP) is 3.42. The summed E-state index contributed by atoms with van der Waals surface area (Å²) < 4.78 is 0. The molecule has 17 heavy (non-hydrogen) atoms. The number of carbonyl (C=O) groups is 1. The standard InChI is InChI=1S/C14H19NOS/c1-17-13-8-6-12(7-9-13)14(16)15-10-4-2-3-5-11-15/h6-9H,2-5,10-11H2,1H3. The molecule has 3 heteroatoms. The van der Waals surface area contributed by atoms with Crippen molar-refractivity contribution in [3.05, 3.63) is 29.8 Å². The lowest BCUT2D eigenvalue weighted by Crippen LogP contribution is -2.31. The van der Waals surface area contributed by atoms with Crippen LogP contribution in [0.2, 0.25) is 0 Å². The first-order valence-electron chi connectivity index (χ1n) is 6.24. The number of likely N-dealkylation sites (tertiary alicyclic amines) is 1. The van der Waals surface area contributed by atoms with Crippen molar-refractivity contribution >= 4 is 17.7 Å². The molecule has 1 aromatic carbocycles. The first-order valence-corrected chi connectivity index (χ1v) is 7.47. The van der Waals surface area contributed by atoms with E-state index in [2.05, 4.69) is 0 Å². The summed E-state index contributed by atoms with van der Waals surface area (Å²) in [5.74, 6) is 0.194. The Bertz CT molecular complexity index is 366. The van der Waals surface area contributed by atoms with Crippen molar-refractivity contribution < 1.29 is 4.79 Å². The van der Waals surface area contributed by atoms with Crippen LogP contribution in [0.5, 0.6) is 0 Å². The molecule has 2 nitrogen and oxygen atoms in total. The summed E-state index contributed by atoms with van der Waals surface area (Å²) in [6.45, 7) is 1.84. The molecule has 1 aliphatic rings. The molecule has 0 saturated carbocycles. The van der Waals surface area contributed by atoms with Gasteiger partial charge in [0.15, 0.2) is 0 Å². The maximum atomic E-state index is 12.3. The zero-order chi connectivity index (χ0) is 12.1. The predicted molar refractivity (Wildman–Crippen MR) is 72.6 cm³/mol. The molecule has 0 aromatic heterocycles. The molecule has 1 aromatic rings. The molecule has 0 atom stereocenters. The zero-order valence-corrected chi connectivity index (χ0v) is 11.1. The second kappa shape index (κ2) is 6.10. The number of thioether (sulfide) groups is 1. The van der Waals surface area contributed by atoms with Crippen molar-refractivity contribution in [3.63, 3.8) is 0 Å². The van der Waals surface area contributed by atoms with Crippen LogP contribution in [0.4, 0.5) is 0 Å². The van der Waals surface area contributed by atoms with E-state index in [1.807, 2.05) is 35.4 Å². The third-order valence-corrected chi connectivity index (χ3v) is 3.97. The monoisotopic (exact) mass is 249 g/mol. The van der Waals surface area contributed by atoms with E-state index in [-0.39, 0.29) is 5.91 Å². The van der Waals surface area contributed by atoms with E-state index in [0.29, 0.717) is 0 Å². The number of hydrogen-bond donors (Lipinski definition) is 0. The van der Waals surface area contributed by atoms with Gasteiger partial charge in [0.1, 0.15) is 0 Å². The number of amides is 1. The van der Waals surface area contributed by atoms with E-state index in [4.69, 9.17) is 0 Å². The van der Waals surface area contributed by atoms with Crippen LogP contribution >= 0.6 is 11.8 Å². The van der Waals surface area contributed by atoms with Crippen LogP contribution in [0, 0.1) is 0 Å². The van der Waals surface area contributed by atoms with Crippen LogP contribution in [-0.2, 0) is 0 Å². The van der Waals surface area contributed by atoms with Crippen molar-refractivity contribution in [1.29, 1.82) is 0 Å². The molecule has 0 spiro atoms. The van der Waals surface area contributed by atoms with E-state index in [0.717, 1.165) is 31.5 Å². The van der Waals surface area contributed by atoms with Gasteiger partial charge in [-0.15, -0.1) is 11.8 Å². The smallest absolute Gasteiger partial charge is 0.253 e. The van der Waals surface area contributed by atoms with Gasteiger partial charge in [-0.2, -0.15) is 0 Å². The Kier molecular flexibility index (Phi) is 4.49. The Morgan fingerprint density at radius 3 is 2.18 bits per heavy atom. The Hall–Kier alpha value is -0.960. The highest BCUT2D eigenvalue weighted by Crippen LogP contribution is 2.17. The van der Waals surface area contributed by atoms with E-state index < -0.39 is 0 Å². The minimum absolute atomic E-state index is 0.194. The molecule has 1 saturated heterocycles. The molecule has 2 rings (SSSR count). The van der Waals surface area contributed by atoms with Gasteiger partial charge < -0.3 is 4.90 Å². The van der Waals surface area contributed by atoms with Crippen molar-refractivity contribution in [1.82, 2.24) is 4.90 Å². The molecule has 0 bridgehead atoms. The number of nitrogens with zero attached hydrogens (tertiary/aromatic N) is 1. The second-order valence-corrected chi connectivity index (χ2v) is 5.31. The molecule has 0 radical (unpaired) electrons. The molecule has 1 aliphatic heterocycles. The normalized spacial score (nSPS) is 16.6. The summed E-state index contributed by atoms with van der Waals surface area (Å²) in [7, 11) is 0. The first kappa shape index (κ1) is 12.5. The fourth-order valence-corrected chi connectivity index (χ4v) is 2.60. The van der Waals surface area contributed by atoms with Crippen LogP contribution in [0.3, 0.4) is 0 Å². The molecule has 0 aliphatic carbocycles. The Morgan fingerprint density at radius 1 is 1.06 bits per heavy atom. The number of carbonyl (C=O) groups excluding carboxylic acids is 1. The van der Waals surface area contributed by atoms with Gasteiger partial charge in [0.25, 0.3) is 5.91 Å². The Morgan fingerprint density at radius 2 is 1.65 bits per heavy atom. The maximum Gasteiger partial charge on any atom is 0.253 e. The number of rotatable bonds is 2. The topological polar surface area (TPSA) is 20.3 Å². The highest BCUT2D eigenvalue weighted by molar-refractivity contribution is 7.98. The lowest BCUT2D eigenvalue weighted by molar-refractivity contribution is 0.0761. The highest BCUT2D eigenvalue weighted by atomic mass is 32.2. The quantitative estimate of drug-likeness (QED) is 0.748. The number of benzene rings is 1. The number of hydrogen-bond acceptors (Lipinski definition) is 2. The summed E-state index contributed by atoms with van der Waals surface area (Å²) in [4.78, 5) is 15.5. The van der Waals surface area contributed by atoms with Gasteiger partial charge in [0.2, 0.25) is 0 Å². The molecule has 92 valence electrons. The van der Waals surface area contributed by atoms with Crippen molar-refractivity contribution in [3.8, 4) is 0 Å².